The number of hydrogen-bond acceptors (Lipinski definition) is 3. The molecule has 0 aliphatic heterocycles. The molecule has 0 aliphatic carbocycles. The minimum Gasteiger partial charge on any atom is -0.380 e. The van der Waals surface area contributed by atoms with E-state index in [0.29, 0.717) is 6.07 Å². The molecule has 2 rings (SSSR count). The maximum Gasteiger partial charge on any atom is 0.421 e. The molecular formula is C19H22F3N3O2. The molecule has 1 atom stereocenters. The van der Waals surface area contributed by atoms with E-state index in [1.54, 1.807) is 0 Å². The molecule has 2 N–H and O–H groups in total. The summed E-state index contributed by atoms with van der Waals surface area (Å²) in [5, 5.41) is 5.98. The van der Waals surface area contributed by atoms with Crippen molar-refractivity contribution >= 4 is 11.6 Å². The summed E-state index contributed by atoms with van der Waals surface area (Å²) < 4.78 is 39.1. The van der Waals surface area contributed by atoms with Crippen molar-refractivity contribution in [2.45, 2.75) is 32.6 Å². The quantitative estimate of drug-likeness (QED) is 0.775. The first-order valence-electron chi connectivity index (χ1n) is 8.53. The molecule has 8 heteroatoms. The van der Waals surface area contributed by atoms with E-state index < -0.39 is 29.8 Å². The van der Waals surface area contributed by atoms with E-state index in [0.717, 1.165) is 16.3 Å². The predicted molar refractivity (Wildman–Crippen MR) is 97.4 cm³/mol. The molecule has 0 saturated carbocycles. The fourth-order valence-electron chi connectivity index (χ4n) is 2.51. The second-order valence-corrected chi connectivity index (χ2v) is 6.52. The molecule has 1 amide bonds. The van der Waals surface area contributed by atoms with Crippen molar-refractivity contribution in [3.63, 3.8) is 0 Å². The second kappa shape index (κ2) is 8.75. The largest absolute Gasteiger partial charge is 0.421 e. The number of rotatable bonds is 7. The summed E-state index contributed by atoms with van der Waals surface area (Å²) in [5.74, 6) is -0.335. The molecule has 0 radical (unpaired) electrons. The normalized spacial score (nSPS) is 12.7. The lowest BCUT2D eigenvalue weighted by atomic mass is 10.0. The van der Waals surface area contributed by atoms with Gasteiger partial charge in [-0.1, -0.05) is 32.0 Å². The summed E-state index contributed by atoms with van der Waals surface area (Å²) >= 11 is 0. The fraction of sp³-hybridized carbons (Fsp3) is 0.368. The van der Waals surface area contributed by atoms with Crippen molar-refractivity contribution in [1.82, 2.24) is 9.88 Å². The van der Waals surface area contributed by atoms with E-state index in [1.807, 2.05) is 44.2 Å². The summed E-state index contributed by atoms with van der Waals surface area (Å²) in [6.45, 7) is 3.78. The molecule has 1 unspecified atom stereocenters. The van der Waals surface area contributed by atoms with Crippen LogP contribution in [0.25, 0.3) is 0 Å². The van der Waals surface area contributed by atoms with Gasteiger partial charge in [0.15, 0.2) is 0 Å². The highest BCUT2D eigenvalue weighted by Gasteiger charge is 2.34. The van der Waals surface area contributed by atoms with Crippen LogP contribution in [0.2, 0.25) is 0 Å². The number of aromatic nitrogens is 1. The Hall–Kier alpha value is -2.77. The van der Waals surface area contributed by atoms with Crippen LogP contribution in [-0.4, -0.2) is 23.1 Å². The van der Waals surface area contributed by atoms with E-state index >= 15 is 0 Å². The third-order valence-electron chi connectivity index (χ3n) is 4.09. The molecule has 0 aliphatic rings. The molecule has 146 valence electrons. The molecule has 2 aromatic rings. The molecule has 27 heavy (non-hydrogen) atoms. The van der Waals surface area contributed by atoms with E-state index in [1.165, 1.54) is 6.20 Å². The van der Waals surface area contributed by atoms with Crippen LogP contribution in [0, 0.1) is 5.92 Å². The van der Waals surface area contributed by atoms with E-state index in [-0.39, 0.29) is 18.5 Å². The van der Waals surface area contributed by atoms with Crippen LogP contribution < -0.4 is 16.2 Å². The summed E-state index contributed by atoms with van der Waals surface area (Å²) in [6.07, 6.45) is -3.59. The second-order valence-electron chi connectivity index (χ2n) is 6.52. The molecular weight excluding hydrogens is 359 g/mol. The topological polar surface area (TPSA) is 63.1 Å². The zero-order chi connectivity index (χ0) is 20.0. The Morgan fingerprint density at radius 1 is 1.11 bits per heavy atom. The highest BCUT2D eigenvalue weighted by Crippen LogP contribution is 2.25. The Labute approximate surface area is 155 Å². The smallest absolute Gasteiger partial charge is 0.380 e. The summed E-state index contributed by atoms with van der Waals surface area (Å²) in [5.41, 5.74) is -1.62. The minimum absolute atomic E-state index is 0.0745. The zero-order valence-electron chi connectivity index (χ0n) is 15.1. The van der Waals surface area contributed by atoms with E-state index in [9.17, 15) is 22.8 Å². The van der Waals surface area contributed by atoms with Crippen molar-refractivity contribution in [2.24, 2.45) is 5.92 Å². The number of hydrogen-bond donors (Lipinski definition) is 2. The third-order valence-corrected chi connectivity index (χ3v) is 4.09. The monoisotopic (exact) mass is 381 g/mol. The van der Waals surface area contributed by atoms with Gasteiger partial charge in [0.2, 0.25) is 5.91 Å². The highest BCUT2D eigenvalue weighted by atomic mass is 19.4. The van der Waals surface area contributed by atoms with Gasteiger partial charge in [-0.3, -0.25) is 9.59 Å². The SMILES string of the molecule is CC(C)C(CNC(=O)Cn1cccc(C(F)(F)F)c1=O)Nc1ccccc1. The van der Waals surface area contributed by atoms with Gasteiger partial charge in [-0.15, -0.1) is 0 Å². The zero-order valence-corrected chi connectivity index (χ0v) is 15.1. The average molecular weight is 381 g/mol. The van der Waals surface area contributed by atoms with Crippen LogP contribution in [0.5, 0.6) is 0 Å². The van der Waals surface area contributed by atoms with Gasteiger partial charge >= 0.3 is 6.18 Å². The first kappa shape index (κ1) is 20.5. The number of nitrogens with one attached hydrogen (secondary N) is 2. The number of benzene rings is 1. The molecule has 5 nitrogen and oxygen atoms in total. The van der Waals surface area contributed by atoms with Crippen molar-refractivity contribution in [2.75, 3.05) is 11.9 Å². The Morgan fingerprint density at radius 3 is 2.37 bits per heavy atom. The van der Waals surface area contributed by atoms with Gasteiger partial charge < -0.3 is 15.2 Å². The number of anilines is 1. The summed E-state index contributed by atoms with van der Waals surface area (Å²) in [7, 11) is 0. The number of pyridine rings is 1. The lowest BCUT2D eigenvalue weighted by molar-refractivity contribution is -0.139. The standard InChI is InChI=1S/C19H22F3N3O2/c1-13(2)16(24-14-7-4-3-5-8-14)11-23-17(26)12-25-10-6-9-15(18(25)27)19(20,21)22/h3-10,13,16,24H,11-12H2,1-2H3,(H,23,26). The molecule has 0 bridgehead atoms. The maximum atomic E-state index is 12.8. The van der Waals surface area contributed by atoms with Gasteiger partial charge in [0.25, 0.3) is 5.56 Å². The number of carbonyl (C=O) groups is 1. The highest BCUT2D eigenvalue weighted by molar-refractivity contribution is 5.75. The fourth-order valence-corrected chi connectivity index (χ4v) is 2.51. The first-order valence-corrected chi connectivity index (χ1v) is 8.53. The van der Waals surface area contributed by atoms with Crippen molar-refractivity contribution in [1.29, 1.82) is 0 Å². The number of para-hydroxylation sites is 1. The molecule has 1 heterocycles. The average Bonchev–Trinajstić information content (AvgIpc) is 2.60. The predicted octanol–water partition coefficient (Wildman–Crippen LogP) is 3.12. The summed E-state index contributed by atoms with van der Waals surface area (Å²) in [6, 6.07) is 11.2. The number of amides is 1. The van der Waals surface area contributed by atoms with E-state index in [4.69, 9.17) is 0 Å². The Balaban J connectivity index is 2.00. The maximum absolute atomic E-state index is 12.8. The summed E-state index contributed by atoms with van der Waals surface area (Å²) in [4.78, 5) is 24.0. The van der Waals surface area contributed by atoms with Crippen LogP contribution in [0.3, 0.4) is 0 Å². The number of alkyl halides is 3. The van der Waals surface area contributed by atoms with Gasteiger partial charge in [0, 0.05) is 24.5 Å². The number of carbonyl (C=O) groups excluding carboxylic acids is 1. The lowest BCUT2D eigenvalue weighted by Crippen LogP contribution is -2.42. The molecule has 1 aromatic heterocycles. The van der Waals surface area contributed by atoms with Gasteiger partial charge in [0.05, 0.1) is 0 Å². The Bertz CT molecular complexity index is 817. The molecule has 0 saturated heterocycles. The van der Waals surface area contributed by atoms with Crippen LogP contribution in [0.4, 0.5) is 18.9 Å². The molecule has 0 fully saturated rings. The van der Waals surface area contributed by atoms with Crippen LogP contribution >= 0.6 is 0 Å². The van der Waals surface area contributed by atoms with Crippen LogP contribution in [0.1, 0.15) is 19.4 Å². The van der Waals surface area contributed by atoms with Gasteiger partial charge in [-0.2, -0.15) is 13.2 Å². The minimum atomic E-state index is -4.75. The Kier molecular flexibility index (Phi) is 6.65. The Morgan fingerprint density at radius 2 is 1.78 bits per heavy atom. The lowest BCUT2D eigenvalue weighted by Gasteiger charge is -2.24. The van der Waals surface area contributed by atoms with E-state index in [2.05, 4.69) is 10.6 Å². The van der Waals surface area contributed by atoms with Gasteiger partial charge in [-0.05, 0) is 30.2 Å². The van der Waals surface area contributed by atoms with Crippen molar-refractivity contribution in [3.8, 4) is 0 Å². The van der Waals surface area contributed by atoms with Crippen molar-refractivity contribution < 1.29 is 18.0 Å². The molecule has 0 spiro atoms. The van der Waals surface area contributed by atoms with Crippen LogP contribution in [-0.2, 0) is 17.5 Å². The third kappa shape index (κ3) is 5.87. The molecule has 1 aromatic carbocycles. The van der Waals surface area contributed by atoms with Crippen molar-refractivity contribution in [3.05, 3.63) is 64.6 Å². The first-order chi connectivity index (χ1) is 12.7. The number of nitrogens with zero attached hydrogens (tertiary/aromatic N) is 1. The number of halogens is 3. The van der Waals surface area contributed by atoms with Gasteiger partial charge in [-0.25, -0.2) is 0 Å². The van der Waals surface area contributed by atoms with Gasteiger partial charge in [0.1, 0.15) is 12.1 Å². The van der Waals surface area contributed by atoms with Crippen LogP contribution in [0.15, 0.2) is 53.5 Å².